The van der Waals surface area contributed by atoms with Gasteiger partial charge in [0.15, 0.2) is 0 Å². The quantitative estimate of drug-likeness (QED) is 0.884. The number of anilines is 1. The molecule has 2 rings (SSSR count). The zero-order chi connectivity index (χ0) is 14.0. The molecule has 1 aliphatic carbocycles. The van der Waals surface area contributed by atoms with Gasteiger partial charge in [0.25, 0.3) is 0 Å². The largest absolute Gasteiger partial charge is 0.391 e. The number of aliphatic hydroxyl groups is 1. The maximum absolute atomic E-state index is 14.0. The van der Waals surface area contributed by atoms with E-state index < -0.39 is 0 Å². The van der Waals surface area contributed by atoms with Crippen LogP contribution in [0.15, 0.2) is 18.2 Å². The molecule has 19 heavy (non-hydrogen) atoms. The number of halogens is 1. The topological polar surface area (TPSA) is 49.5 Å². The van der Waals surface area contributed by atoms with E-state index >= 15 is 0 Å². The monoisotopic (exact) mass is 266 g/mol. The SMILES string of the molecule is C[C@H](N)c1c(F)cccc1N(C)C1CCCCC1O. The van der Waals surface area contributed by atoms with Crippen LogP contribution in [0, 0.1) is 5.82 Å². The average Bonchev–Trinajstić information content (AvgIpc) is 2.37. The van der Waals surface area contributed by atoms with Gasteiger partial charge in [-0.2, -0.15) is 0 Å². The third-order valence-corrected chi connectivity index (χ3v) is 4.06. The van der Waals surface area contributed by atoms with Crippen LogP contribution in [0.1, 0.15) is 44.2 Å². The third kappa shape index (κ3) is 2.90. The van der Waals surface area contributed by atoms with Crippen molar-refractivity contribution in [2.45, 2.75) is 50.8 Å². The first-order valence-electron chi connectivity index (χ1n) is 6.97. The van der Waals surface area contributed by atoms with Crippen molar-refractivity contribution >= 4 is 5.69 Å². The van der Waals surface area contributed by atoms with Gasteiger partial charge in [0.1, 0.15) is 5.82 Å². The lowest BCUT2D eigenvalue weighted by molar-refractivity contribution is 0.106. The van der Waals surface area contributed by atoms with Crippen LogP contribution < -0.4 is 10.6 Å². The molecule has 1 aromatic carbocycles. The van der Waals surface area contributed by atoms with E-state index in [1.54, 1.807) is 13.0 Å². The van der Waals surface area contributed by atoms with E-state index in [4.69, 9.17) is 5.73 Å². The summed E-state index contributed by atoms with van der Waals surface area (Å²) in [5.74, 6) is -0.273. The summed E-state index contributed by atoms with van der Waals surface area (Å²) in [5.41, 5.74) is 7.21. The molecule has 106 valence electrons. The molecule has 0 bridgehead atoms. The number of benzene rings is 1. The lowest BCUT2D eigenvalue weighted by Crippen LogP contribution is -2.44. The van der Waals surface area contributed by atoms with Crippen molar-refractivity contribution in [1.29, 1.82) is 0 Å². The molecule has 1 aliphatic rings. The molecular formula is C15H23FN2O. The first-order chi connectivity index (χ1) is 9.02. The van der Waals surface area contributed by atoms with Crippen molar-refractivity contribution in [3.63, 3.8) is 0 Å². The van der Waals surface area contributed by atoms with Crippen LogP contribution in [-0.4, -0.2) is 24.3 Å². The summed E-state index contributed by atoms with van der Waals surface area (Å²) < 4.78 is 14.0. The summed E-state index contributed by atoms with van der Waals surface area (Å²) >= 11 is 0. The van der Waals surface area contributed by atoms with Gasteiger partial charge in [-0.3, -0.25) is 0 Å². The molecule has 0 aliphatic heterocycles. The summed E-state index contributed by atoms with van der Waals surface area (Å²) in [7, 11) is 1.92. The fourth-order valence-electron chi connectivity index (χ4n) is 3.01. The van der Waals surface area contributed by atoms with Gasteiger partial charge in [0.05, 0.1) is 12.1 Å². The van der Waals surface area contributed by atoms with E-state index in [1.807, 2.05) is 18.0 Å². The molecule has 0 heterocycles. The molecule has 0 saturated heterocycles. The number of hydrogen-bond donors (Lipinski definition) is 2. The lowest BCUT2D eigenvalue weighted by Gasteiger charge is -2.38. The predicted molar refractivity (Wildman–Crippen MR) is 75.7 cm³/mol. The molecule has 3 N–H and O–H groups in total. The Bertz CT molecular complexity index is 436. The Labute approximate surface area is 114 Å². The number of rotatable bonds is 3. The van der Waals surface area contributed by atoms with Crippen molar-refractivity contribution in [3.8, 4) is 0 Å². The lowest BCUT2D eigenvalue weighted by atomic mass is 9.90. The van der Waals surface area contributed by atoms with Gasteiger partial charge in [0.2, 0.25) is 0 Å². The van der Waals surface area contributed by atoms with Gasteiger partial charge in [0, 0.05) is 24.3 Å². The van der Waals surface area contributed by atoms with Gasteiger partial charge in [-0.15, -0.1) is 0 Å². The maximum atomic E-state index is 14.0. The normalized spacial score (nSPS) is 25.1. The zero-order valence-electron chi connectivity index (χ0n) is 11.6. The minimum absolute atomic E-state index is 0.0491. The molecule has 1 fully saturated rings. The minimum Gasteiger partial charge on any atom is -0.391 e. The molecule has 0 radical (unpaired) electrons. The van der Waals surface area contributed by atoms with E-state index in [0.29, 0.717) is 5.56 Å². The fraction of sp³-hybridized carbons (Fsp3) is 0.600. The molecule has 1 saturated carbocycles. The second kappa shape index (κ2) is 5.88. The third-order valence-electron chi connectivity index (χ3n) is 4.06. The molecule has 0 spiro atoms. The van der Waals surface area contributed by atoms with Crippen LogP contribution in [0.4, 0.5) is 10.1 Å². The van der Waals surface area contributed by atoms with Crippen LogP contribution in [0.3, 0.4) is 0 Å². The van der Waals surface area contributed by atoms with E-state index in [1.165, 1.54) is 6.07 Å². The summed E-state index contributed by atoms with van der Waals surface area (Å²) in [5, 5.41) is 10.1. The smallest absolute Gasteiger partial charge is 0.130 e. The van der Waals surface area contributed by atoms with Crippen molar-refractivity contribution in [3.05, 3.63) is 29.6 Å². The van der Waals surface area contributed by atoms with Crippen molar-refractivity contribution < 1.29 is 9.50 Å². The van der Waals surface area contributed by atoms with Crippen LogP contribution in [-0.2, 0) is 0 Å². The summed E-state index contributed by atoms with van der Waals surface area (Å²) in [6.07, 6.45) is 3.58. The van der Waals surface area contributed by atoms with Gasteiger partial charge >= 0.3 is 0 Å². The van der Waals surface area contributed by atoms with Gasteiger partial charge in [-0.1, -0.05) is 18.9 Å². The second-order valence-corrected chi connectivity index (χ2v) is 5.49. The highest BCUT2D eigenvalue weighted by molar-refractivity contribution is 5.56. The average molecular weight is 266 g/mol. The Hall–Kier alpha value is -1.13. The van der Waals surface area contributed by atoms with Gasteiger partial charge < -0.3 is 15.7 Å². The van der Waals surface area contributed by atoms with Crippen molar-refractivity contribution in [2.24, 2.45) is 5.73 Å². The zero-order valence-corrected chi connectivity index (χ0v) is 11.6. The van der Waals surface area contributed by atoms with E-state index in [2.05, 4.69) is 0 Å². The Morgan fingerprint density at radius 3 is 2.68 bits per heavy atom. The summed E-state index contributed by atoms with van der Waals surface area (Å²) in [6, 6.07) is 4.70. The van der Waals surface area contributed by atoms with Crippen LogP contribution in [0.2, 0.25) is 0 Å². The van der Waals surface area contributed by atoms with Crippen LogP contribution >= 0.6 is 0 Å². The number of likely N-dealkylation sites (N-methyl/N-ethyl adjacent to an activating group) is 1. The molecule has 0 amide bonds. The molecular weight excluding hydrogens is 243 g/mol. The first-order valence-corrected chi connectivity index (χ1v) is 6.97. The summed E-state index contributed by atoms with van der Waals surface area (Å²) in [4.78, 5) is 1.99. The number of aliphatic hydroxyl groups excluding tert-OH is 1. The predicted octanol–water partition coefficient (Wildman–Crippen LogP) is 2.59. The number of hydrogen-bond acceptors (Lipinski definition) is 3. The van der Waals surface area contributed by atoms with Crippen molar-refractivity contribution in [2.75, 3.05) is 11.9 Å². The van der Waals surface area contributed by atoms with Crippen LogP contribution in [0.25, 0.3) is 0 Å². The van der Waals surface area contributed by atoms with E-state index in [-0.39, 0.29) is 24.0 Å². The Morgan fingerprint density at radius 1 is 1.37 bits per heavy atom. The molecule has 2 unspecified atom stereocenters. The Balaban J connectivity index is 2.32. The molecule has 3 nitrogen and oxygen atoms in total. The number of nitrogens with two attached hydrogens (primary N) is 1. The van der Waals surface area contributed by atoms with Gasteiger partial charge in [-0.25, -0.2) is 4.39 Å². The van der Waals surface area contributed by atoms with Gasteiger partial charge in [-0.05, 0) is 31.9 Å². The Morgan fingerprint density at radius 2 is 2.05 bits per heavy atom. The number of nitrogens with zero attached hydrogens (tertiary/aromatic N) is 1. The fourth-order valence-corrected chi connectivity index (χ4v) is 3.01. The standard InChI is InChI=1S/C15H23FN2O/c1-10(17)15-11(16)6-5-8-13(15)18(2)12-7-3-4-9-14(12)19/h5-6,8,10,12,14,19H,3-4,7,9,17H2,1-2H3/t10-,12?,14?/m0/s1. The van der Waals surface area contributed by atoms with Crippen LogP contribution in [0.5, 0.6) is 0 Å². The minimum atomic E-state index is -0.362. The Kier molecular flexibility index (Phi) is 4.42. The van der Waals surface area contributed by atoms with Crippen molar-refractivity contribution in [1.82, 2.24) is 0 Å². The molecule has 3 atom stereocenters. The first kappa shape index (κ1) is 14.3. The second-order valence-electron chi connectivity index (χ2n) is 5.49. The highest BCUT2D eigenvalue weighted by atomic mass is 19.1. The highest BCUT2D eigenvalue weighted by Gasteiger charge is 2.28. The highest BCUT2D eigenvalue weighted by Crippen LogP contribution is 2.32. The molecule has 4 heteroatoms. The summed E-state index contributed by atoms with van der Waals surface area (Å²) in [6.45, 7) is 1.78. The van der Waals surface area contributed by atoms with E-state index in [9.17, 15) is 9.50 Å². The maximum Gasteiger partial charge on any atom is 0.130 e. The molecule has 0 aromatic heterocycles. The molecule has 1 aromatic rings. The van der Waals surface area contributed by atoms with E-state index in [0.717, 1.165) is 31.4 Å².